The first-order chi connectivity index (χ1) is 5.29. The van der Waals surface area contributed by atoms with Gasteiger partial charge in [0.25, 0.3) is 0 Å². The quantitative estimate of drug-likeness (QED) is 0.672. The summed E-state index contributed by atoms with van der Waals surface area (Å²) in [5.41, 5.74) is 0. The van der Waals surface area contributed by atoms with E-state index in [1.54, 1.807) is 27.7 Å². The summed E-state index contributed by atoms with van der Waals surface area (Å²) in [7, 11) is 0. The summed E-state index contributed by atoms with van der Waals surface area (Å²) >= 11 is 0. The summed E-state index contributed by atoms with van der Waals surface area (Å²) in [4.78, 5) is 19.4. The zero-order valence-electron chi connectivity index (χ0n) is 8.37. The molecule has 13 heavy (non-hydrogen) atoms. The molecule has 0 bridgehead atoms. The molecule has 0 aliphatic rings. The van der Waals surface area contributed by atoms with Gasteiger partial charge in [0.1, 0.15) is 0 Å². The number of rotatable bonds is 2. The highest BCUT2D eigenvalue weighted by atomic mass is 16.4. The number of hydrogen-bond donors (Lipinski definition) is 2. The van der Waals surface area contributed by atoms with Crippen LogP contribution < -0.4 is 0 Å². The highest BCUT2D eigenvalue weighted by Crippen LogP contribution is 1.87. The predicted molar refractivity (Wildman–Crippen MR) is 48.6 cm³/mol. The van der Waals surface area contributed by atoms with Gasteiger partial charge in [0.15, 0.2) is 0 Å². The Labute approximate surface area is 77.7 Å². The second-order valence-corrected chi connectivity index (χ2v) is 2.99. The molecule has 0 fully saturated rings. The third-order valence-electron chi connectivity index (χ3n) is 0.988. The van der Waals surface area contributed by atoms with Gasteiger partial charge in [-0.1, -0.05) is 27.7 Å². The highest BCUT2D eigenvalue weighted by molar-refractivity contribution is 5.69. The molecule has 0 rings (SSSR count). The van der Waals surface area contributed by atoms with Crippen molar-refractivity contribution in [1.29, 1.82) is 0 Å². The van der Waals surface area contributed by atoms with Crippen LogP contribution in [0.1, 0.15) is 27.7 Å². The molecular weight excluding hydrogens is 176 g/mol. The lowest BCUT2D eigenvalue weighted by molar-refractivity contribution is -0.141. The van der Waals surface area contributed by atoms with Crippen LogP contribution in [0.15, 0.2) is 0 Å². The van der Waals surface area contributed by atoms with Crippen LogP contribution >= 0.6 is 0 Å². The minimum atomic E-state index is -0.741. The lowest BCUT2D eigenvalue weighted by Crippen LogP contribution is -2.03. The van der Waals surface area contributed by atoms with Crippen molar-refractivity contribution in [3.05, 3.63) is 0 Å². The van der Waals surface area contributed by atoms with E-state index >= 15 is 0 Å². The SMILES string of the molecule is CC(C)C(=O)O.CC(C)C(=O)O.O. The number of carbonyl (C=O) groups is 2. The molecule has 0 saturated carbocycles. The smallest absolute Gasteiger partial charge is 0.305 e. The Hall–Kier alpha value is -1.10. The molecule has 4 N–H and O–H groups in total. The Kier molecular flexibility index (Phi) is 12.3. The first-order valence-electron chi connectivity index (χ1n) is 3.74. The molecule has 0 aromatic rings. The number of carboxylic acid groups (broad SMARTS) is 2. The standard InChI is InChI=1S/2C4H8O2.H2O/c2*1-3(2)4(5)6;/h2*3H,1-2H3,(H,5,6);1H2. The van der Waals surface area contributed by atoms with E-state index in [4.69, 9.17) is 10.2 Å². The Morgan fingerprint density at radius 3 is 0.923 bits per heavy atom. The Balaban J connectivity index is -0.000000143. The molecule has 0 unspecified atom stereocenters. The van der Waals surface area contributed by atoms with E-state index in [1.165, 1.54) is 0 Å². The molecule has 0 amide bonds. The summed E-state index contributed by atoms with van der Waals surface area (Å²) in [5.74, 6) is -1.94. The Morgan fingerprint density at radius 1 is 0.846 bits per heavy atom. The second-order valence-electron chi connectivity index (χ2n) is 2.99. The van der Waals surface area contributed by atoms with Crippen molar-refractivity contribution in [2.45, 2.75) is 27.7 Å². The van der Waals surface area contributed by atoms with Gasteiger partial charge in [-0.15, -0.1) is 0 Å². The predicted octanol–water partition coefficient (Wildman–Crippen LogP) is 0.629. The third-order valence-corrected chi connectivity index (χ3v) is 0.988. The van der Waals surface area contributed by atoms with Gasteiger partial charge in [-0.3, -0.25) is 9.59 Å². The third kappa shape index (κ3) is 18.1. The number of aliphatic carboxylic acids is 2. The van der Waals surface area contributed by atoms with Crippen LogP contribution in [0.4, 0.5) is 0 Å². The van der Waals surface area contributed by atoms with Crippen LogP contribution in [0.3, 0.4) is 0 Å². The molecule has 0 aliphatic heterocycles. The fourth-order valence-electron chi connectivity index (χ4n) is 0. The summed E-state index contributed by atoms with van der Waals surface area (Å²) in [6, 6.07) is 0. The van der Waals surface area contributed by atoms with Crippen LogP contribution in [0.5, 0.6) is 0 Å². The molecule has 0 heterocycles. The summed E-state index contributed by atoms with van der Waals surface area (Å²) in [6.07, 6.45) is 0. The van der Waals surface area contributed by atoms with Gasteiger partial charge in [0.05, 0.1) is 11.8 Å². The van der Waals surface area contributed by atoms with E-state index in [0.29, 0.717) is 0 Å². The van der Waals surface area contributed by atoms with Gasteiger partial charge >= 0.3 is 11.9 Å². The minimum absolute atomic E-state index is 0. The molecule has 0 saturated heterocycles. The van der Waals surface area contributed by atoms with Crippen molar-refractivity contribution in [2.24, 2.45) is 11.8 Å². The van der Waals surface area contributed by atoms with E-state index in [1.807, 2.05) is 0 Å². The van der Waals surface area contributed by atoms with E-state index in [9.17, 15) is 9.59 Å². The fraction of sp³-hybridized carbons (Fsp3) is 0.750. The Morgan fingerprint density at radius 2 is 0.923 bits per heavy atom. The summed E-state index contributed by atoms with van der Waals surface area (Å²) < 4.78 is 0. The zero-order chi connectivity index (χ0) is 10.3. The molecule has 0 atom stereocenters. The maximum atomic E-state index is 9.70. The van der Waals surface area contributed by atoms with Crippen molar-refractivity contribution >= 4 is 11.9 Å². The molecule has 80 valence electrons. The highest BCUT2D eigenvalue weighted by Gasteiger charge is 1.99. The molecule has 0 aromatic heterocycles. The van der Waals surface area contributed by atoms with Crippen molar-refractivity contribution in [2.75, 3.05) is 0 Å². The maximum absolute atomic E-state index is 9.70. The van der Waals surface area contributed by atoms with Gasteiger partial charge in [0, 0.05) is 0 Å². The number of carboxylic acids is 2. The second kappa shape index (κ2) is 8.99. The molecule has 5 nitrogen and oxygen atoms in total. The largest absolute Gasteiger partial charge is 0.481 e. The van der Waals surface area contributed by atoms with Gasteiger partial charge < -0.3 is 15.7 Å². The lowest BCUT2D eigenvalue weighted by atomic mass is 10.2. The lowest BCUT2D eigenvalue weighted by Gasteiger charge is -1.89. The molecule has 0 radical (unpaired) electrons. The van der Waals surface area contributed by atoms with E-state index in [2.05, 4.69) is 0 Å². The molecule has 5 heteroatoms. The van der Waals surface area contributed by atoms with Crippen molar-refractivity contribution < 1.29 is 25.3 Å². The first kappa shape index (κ1) is 17.8. The van der Waals surface area contributed by atoms with Crippen LogP contribution in [-0.2, 0) is 9.59 Å². The first-order valence-corrected chi connectivity index (χ1v) is 3.74. The van der Waals surface area contributed by atoms with E-state index in [0.717, 1.165) is 0 Å². The average Bonchev–Trinajstić information content (AvgIpc) is 1.88. The van der Waals surface area contributed by atoms with Crippen LogP contribution in [0, 0.1) is 11.8 Å². The van der Waals surface area contributed by atoms with Gasteiger partial charge in [-0.25, -0.2) is 0 Å². The van der Waals surface area contributed by atoms with Gasteiger partial charge in [-0.05, 0) is 0 Å². The van der Waals surface area contributed by atoms with Crippen LogP contribution in [-0.4, -0.2) is 27.6 Å². The average molecular weight is 194 g/mol. The maximum Gasteiger partial charge on any atom is 0.305 e. The summed E-state index contributed by atoms with van der Waals surface area (Å²) in [5, 5.41) is 16.0. The molecule has 0 spiro atoms. The van der Waals surface area contributed by atoms with Gasteiger partial charge in [0.2, 0.25) is 0 Å². The van der Waals surface area contributed by atoms with E-state index < -0.39 is 11.9 Å². The van der Waals surface area contributed by atoms with Crippen LogP contribution in [0.2, 0.25) is 0 Å². The monoisotopic (exact) mass is 194 g/mol. The molecule has 0 aliphatic carbocycles. The van der Waals surface area contributed by atoms with Crippen LogP contribution in [0.25, 0.3) is 0 Å². The number of hydrogen-bond acceptors (Lipinski definition) is 2. The zero-order valence-corrected chi connectivity index (χ0v) is 8.37. The van der Waals surface area contributed by atoms with E-state index in [-0.39, 0.29) is 17.3 Å². The van der Waals surface area contributed by atoms with Crippen molar-refractivity contribution in [3.63, 3.8) is 0 Å². The van der Waals surface area contributed by atoms with Gasteiger partial charge in [-0.2, -0.15) is 0 Å². The van der Waals surface area contributed by atoms with Crippen molar-refractivity contribution in [3.8, 4) is 0 Å². The fourth-order valence-corrected chi connectivity index (χ4v) is 0. The minimum Gasteiger partial charge on any atom is -0.481 e. The normalized spacial score (nSPS) is 8.46. The topological polar surface area (TPSA) is 106 Å². The molecular formula is C8H18O5. The summed E-state index contributed by atoms with van der Waals surface area (Å²) in [6.45, 7) is 6.56. The Bertz CT molecular complexity index is 133. The van der Waals surface area contributed by atoms with Crippen molar-refractivity contribution in [1.82, 2.24) is 0 Å². The molecule has 0 aromatic carbocycles.